The van der Waals surface area contributed by atoms with E-state index >= 15 is 0 Å². The predicted molar refractivity (Wildman–Crippen MR) is 67.5 cm³/mol. The fourth-order valence-electron chi connectivity index (χ4n) is 1.48. The highest BCUT2D eigenvalue weighted by Crippen LogP contribution is 2.14. The van der Waals surface area contributed by atoms with Crippen LogP contribution in [0, 0.1) is 6.92 Å². The van der Waals surface area contributed by atoms with E-state index in [1.54, 1.807) is 11.3 Å². The van der Waals surface area contributed by atoms with Gasteiger partial charge in [-0.15, -0.1) is 17.9 Å². The van der Waals surface area contributed by atoms with Crippen LogP contribution >= 0.6 is 11.3 Å². The van der Waals surface area contributed by atoms with Crippen molar-refractivity contribution in [2.45, 2.75) is 39.2 Å². The van der Waals surface area contributed by atoms with Crippen LogP contribution < -0.4 is 5.32 Å². The van der Waals surface area contributed by atoms with E-state index in [4.69, 9.17) is 0 Å². The van der Waals surface area contributed by atoms with Gasteiger partial charge in [0.1, 0.15) is 0 Å². The van der Waals surface area contributed by atoms with Gasteiger partial charge in [0.15, 0.2) is 0 Å². The fourth-order valence-corrected chi connectivity index (χ4v) is 2.33. The summed E-state index contributed by atoms with van der Waals surface area (Å²) >= 11 is 1.75. The van der Waals surface area contributed by atoms with Crippen molar-refractivity contribution in [3.63, 3.8) is 0 Å². The Morgan fingerprint density at radius 3 is 2.87 bits per heavy atom. The number of hydrogen-bond donors (Lipinski definition) is 1. The van der Waals surface area contributed by atoms with E-state index < -0.39 is 0 Å². The van der Waals surface area contributed by atoms with Crippen LogP contribution in [0.3, 0.4) is 0 Å². The molecule has 0 fully saturated rings. The monoisotopic (exact) mass is 224 g/mol. The van der Waals surface area contributed by atoms with Gasteiger partial charge in [-0.2, -0.15) is 0 Å². The molecule has 2 nitrogen and oxygen atoms in total. The molecule has 1 aromatic rings. The SMILES string of the molecule is C=C(C)CCC(Cc1nc(C)cs1)NC. The van der Waals surface area contributed by atoms with Crippen LogP contribution in [0.5, 0.6) is 0 Å². The first-order valence-corrected chi connectivity index (χ1v) is 6.22. The Morgan fingerprint density at radius 1 is 1.67 bits per heavy atom. The molecule has 1 rings (SSSR count). The zero-order valence-electron chi connectivity index (χ0n) is 9.84. The van der Waals surface area contributed by atoms with Crippen LogP contribution in [-0.4, -0.2) is 18.1 Å². The number of hydrogen-bond acceptors (Lipinski definition) is 3. The molecule has 0 saturated carbocycles. The third-order valence-corrected chi connectivity index (χ3v) is 3.40. The van der Waals surface area contributed by atoms with Crippen LogP contribution in [0.15, 0.2) is 17.5 Å². The van der Waals surface area contributed by atoms with Crippen LogP contribution in [0.1, 0.15) is 30.5 Å². The van der Waals surface area contributed by atoms with Gasteiger partial charge < -0.3 is 5.32 Å². The smallest absolute Gasteiger partial charge is 0.0943 e. The molecule has 1 N–H and O–H groups in total. The number of likely N-dealkylation sites (N-methyl/N-ethyl adjacent to an activating group) is 1. The van der Waals surface area contributed by atoms with Gasteiger partial charge in [0.25, 0.3) is 0 Å². The highest BCUT2D eigenvalue weighted by atomic mass is 32.1. The van der Waals surface area contributed by atoms with Crippen LogP contribution in [0.2, 0.25) is 0 Å². The minimum atomic E-state index is 0.521. The third kappa shape index (κ3) is 4.58. The molecule has 0 spiro atoms. The summed E-state index contributed by atoms with van der Waals surface area (Å²) in [6.45, 7) is 8.06. The molecule has 3 heteroatoms. The Labute approximate surface area is 96.4 Å². The van der Waals surface area contributed by atoms with Crippen molar-refractivity contribution in [3.8, 4) is 0 Å². The maximum atomic E-state index is 4.48. The van der Waals surface area contributed by atoms with Crippen molar-refractivity contribution in [3.05, 3.63) is 28.2 Å². The molecule has 84 valence electrons. The molecule has 0 saturated heterocycles. The Kier molecular flexibility index (Phi) is 4.99. The normalized spacial score (nSPS) is 12.7. The Hall–Kier alpha value is -0.670. The molecule has 1 aromatic heterocycles. The highest BCUT2D eigenvalue weighted by Gasteiger charge is 2.09. The van der Waals surface area contributed by atoms with Crippen molar-refractivity contribution in [2.24, 2.45) is 0 Å². The number of nitrogens with one attached hydrogen (secondary N) is 1. The molecule has 1 unspecified atom stereocenters. The van der Waals surface area contributed by atoms with Gasteiger partial charge in [0.2, 0.25) is 0 Å². The number of nitrogens with zero attached hydrogens (tertiary/aromatic N) is 1. The summed E-state index contributed by atoms with van der Waals surface area (Å²) in [6.07, 6.45) is 3.27. The van der Waals surface area contributed by atoms with Gasteiger partial charge in [0, 0.05) is 23.5 Å². The highest BCUT2D eigenvalue weighted by molar-refractivity contribution is 7.09. The van der Waals surface area contributed by atoms with E-state index in [0.29, 0.717) is 6.04 Å². The van der Waals surface area contributed by atoms with Gasteiger partial charge in [-0.25, -0.2) is 4.98 Å². The zero-order chi connectivity index (χ0) is 11.3. The van der Waals surface area contributed by atoms with E-state index in [-0.39, 0.29) is 0 Å². The molecular formula is C12H20N2S. The van der Waals surface area contributed by atoms with Crippen molar-refractivity contribution < 1.29 is 0 Å². The number of aromatic nitrogens is 1. The predicted octanol–water partition coefficient (Wildman–Crippen LogP) is 2.94. The zero-order valence-corrected chi connectivity index (χ0v) is 10.7. The van der Waals surface area contributed by atoms with Crippen LogP contribution in [-0.2, 0) is 6.42 Å². The van der Waals surface area contributed by atoms with Gasteiger partial charge >= 0.3 is 0 Å². The van der Waals surface area contributed by atoms with Crippen molar-refractivity contribution in [1.29, 1.82) is 0 Å². The molecule has 15 heavy (non-hydrogen) atoms. The third-order valence-electron chi connectivity index (χ3n) is 2.42. The number of thiazole rings is 1. The average Bonchev–Trinajstić information content (AvgIpc) is 2.58. The van der Waals surface area contributed by atoms with Gasteiger partial charge in [-0.3, -0.25) is 0 Å². The van der Waals surface area contributed by atoms with Gasteiger partial charge in [-0.1, -0.05) is 5.57 Å². The Balaban J connectivity index is 2.42. The average molecular weight is 224 g/mol. The van der Waals surface area contributed by atoms with E-state index in [9.17, 15) is 0 Å². The molecule has 0 amide bonds. The van der Waals surface area contributed by atoms with E-state index in [2.05, 4.69) is 29.2 Å². The maximum absolute atomic E-state index is 4.48. The van der Waals surface area contributed by atoms with E-state index in [1.165, 1.54) is 10.6 Å². The minimum Gasteiger partial charge on any atom is -0.317 e. The molecule has 0 aliphatic heterocycles. The first-order chi connectivity index (χ1) is 7.11. The fraction of sp³-hybridized carbons (Fsp3) is 0.583. The number of allylic oxidation sites excluding steroid dienone is 1. The molecule has 1 heterocycles. The Bertz CT molecular complexity index is 317. The topological polar surface area (TPSA) is 24.9 Å². The molecule has 0 aromatic carbocycles. The number of aryl methyl sites for hydroxylation is 1. The first-order valence-electron chi connectivity index (χ1n) is 5.34. The maximum Gasteiger partial charge on any atom is 0.0943 e. The number of rotatable bonds is 6. The van der Waals surface area contributed by atoms with Gasteiger partial charge in [0.05, 0.1) is 5.01 Å². The molecule has 0 aliphatic carbocycles. The quantitative estimate of drug-likeness (QED) is 0.752. The summed E-state index contributed by atoms with van der Waals surface area (Å²) in [5.74, 6) is 0. The van der Waals surface area contributed by atoms with E-state index in [1.807, 2.05) is 14.0 Å². The summed E-state index contributed by atoms with van der Waals surface area (Å²) in [4.78, 5) is 4.48. The van der Waals surface area contributed by atoms with Gasteiger partial charge in [-0.05, 0) is 33.7 Å². The summed E-state index contributed by atoms with van der Waals surface area (Å²) in [5, 5.41) is 6.68. The lowest BCUT2D eigenvalue weighted by Crippen LogP contribution is -2.27. The minimum absolute atomic E-state index is 0.521. The largest absolute Gasteiger partial charge is 0.317 e. The molecule has 0 radical (unpaired) electrons. The van der Waals surface area contributed by atoms with Crippen LogP contribution in [0.4, 0.5) is 0 Å². The second-order valence-electron chi connectivity index (χ2n) is 4.07. The van der Waals surface area contributed by atoms with Crippen molar-refractivity contribution in [2.75, 3.05) is 7.05 Å². The summed E-state index contributed by atoms with van der Waals surface area (Å²) < 4.78 is 0. The van der Waals surface area contributed by atoms with E-state index in [0.717, 1.165) is 25.0 Å². The van der Waals surface area contributed by atoms with Crippen LogP contribution in [0.25, 0.3) is 0 Å². The molecule has 0 bridgehead atoms. The summed E-state index contributed by atoms with van der Waals surface area (Å²) in [7, 11) is 2.02. The lowest BCUT2D eigenvalue weighted by atomic mass is 10.1. The molecule has 1 atom stereocenters. The molecular weight excluding hydrogens is 204 g/mol. The first kappa shape index (κ1) is 12.4. The lowest BCUT2D eigenvalue weighted by Gasteiger charge is -2.14. The van der Waals surface area contributed by atoms with Crippen molar-refractivity contribution in [1.82, 2.24) is 10.3 Å². The standard InChI is InChI=1S/C12H20N2S/c1-9(2)5-6-11(13-4)7-12-14-10(3)8-15-12/h8,11,13H,1,5-7H2,2-4H3. The summed E-state index contributed by atoms with van der Waals surface area (Å²) in [6, 6.07) is 0.521. The summed E-state index contributed by atoms with van der Waals surface area (Å²) in [5.41, 5.74) is 2.38. The molecule has 0 aliphatic rings. The van der Waals surface area contributed by atoms with Crippen molar-refractivity contribution >= 4 is 11.3 Å². The lowest BCUT2D eigenvalue weighted by molar-refractivity contribution is 0.518. The second kappa shape index (κ2) is 6.03. The second-order valence-corrected chi connectivity index (χ2v) is 5.01. The Morgan fingerprint density at radius 2 is 2.40 bits per heavy atom.